The molecule has 0 saturated carbocycles. The number of aromatic nitrogens is 2. The molecule has 3 heterocycles. The molecule has 0 aliphatic carbocycles. The van der Waals surface area contributed by atoms with E-state index in [9.17, 15) is 9.59 Å². The number of likely N-dealkylation sites (tertiary alicyclic amines) is 1. The number of amides is 2. The minimum atomic E-state index is -0.315. The summed E-state index contributed by atoms with van der Waals surface area (Å²) in [5.74, 6) is 0.509. The highest BCUT2D eigenvalue weighted by Crippen LogP contribution is 2.22. The van der Waals surface area contributed by atoms with Crippen LogP contribution < -0.4 is 0 Å². The van der Waals surface area contributed by atoms with E-state index in [-0.39, 0.29) is 17.9 Å². The highest BCUT2D eigenvalue weighted by molar-refractivity contribution is 5.97. The highest BCUT2D eigenvalue weighted by atomic mass is 16.2. The first-order valence-electron chi connectivity index (χ1n) is 9.26. The van der Waals surface area contributed by atoms with Crippen LogP contribution >= 0.6 is 0 Å². The van der Waals surface area contributed by atoms with Crippen molar-refractivity contribution in [1.82, 2.24) is 24.5 Å². The Balaban J connectivity index is 1.67. The van der Waals surface area contributed by atoms with Crippen LogP contribution in [-0.2, 0) is 11.3 Å². The fourth-order valence-electron chi connectivity index (χ4n) is 3.62. The lowest BCUT2D eigenvalue weighted by atomic mass is 10.1. The third kappa shape index (κ3) is 4.03. The van der Waals surface area contributed by atoms with Gasteiger partial charge in [0.05, 0.1) is 11.8 Å². The molecule has 138 valence electrons. The van der Waals surface area contributed by atoms with Crippen LogP contribution in [0.1, 0.15) is 37.0 Å². The maximum absolute atomic E-state index is 12.9. The number of hydrogen-bond acceptors (Lipinski definition) is 4. The second-order valence-corrected chi connectivity index (χ2v) is 7.63. The molecule has 0 bridgehead atoms. The maximum atomic E-state index is 12.9. The smallest absolute Gasteiger partial charge is 0.257 e. The van der Waals surface area contributed by atoms with E-state index < -0.39 is 0 Å². The SMILES string of the molecule is CC(C)Cn1cc(C(=O)N2CCC[C@H]2C(=O)N2CCN(C)CC2)cn1. The summed E-state index contributed by atoms with van der Waals surface area (Å²) in [5.41, 5.74) is 0.582. The lowest BCUT2D eigenvalue weighted by molar-refractivity contribution is -0.136. The summed E-state index contributed by atoms with van der Waals surface area (Å²) in [6.45, 7) is 8.97. The van der Waals surface area contributed by atoms with E-state index in [2.05, 4.69) is 30.9 Å². The van der Waals surface area contributed by atoms with E-state index in [1.54, 1.807) is 17.3 Å². The second-order valence-electron chi connectivity index (χ2n) is 7.63. The normalized spacial score (nSPS) is 22.0. The predicted octanol–water partition coefficient (Wildman–Crippen LogP) is 0.918. The zero-order valence-corrected chi connectivity index (χ0v) is 15.5. The molecule has 25 heavy (non-hydrogen) atoms. The number of carbonyl (C=O) groups is 2. The largest absolute Gasteiger partial charge is 0.338 e. The van der Waals surface area contributed by atoms with E-state index in [1.807, 2.05) is 9.58 Å². The molecule has 7 heteroatoms. The van der Waals surface area contributed by atoms with Gasteiger partial charge in [-0.05, 0) is 25.8 Å². The third-order valence-electron chi connectivity index (χ3n) is 5.05. The first-order chi connectivity index (χ1) is 12.0. The van der Waals surface area contributed by atoms with Gasteiger partial charge in [0, 0.05) is 45.5 Å². The Bertz CT molecular complexity index is 619. The van der Waals surface area contributed by atoms with Gasteiger partial charge in [-0.2, -0.15) is 5.10 Å². The van der Waals surface area contributed by atoms with Crippen LogP contribution in [0.15, 0.2) is 12.4 Å². The molecule has 1 aromatic heterocycles. The molecule has 0 aromatic carbocycles. The molecule has 2 aliphatic heterocycles. The quantitative estimate of drug-likeness (QED) is 0.812. The van der Waals surface area contributed by atoms with Crippen LogP contribution in [0.4, 0.5) is 0 Å². The van der Waals surface area contributed by atoms with Crippen molar-refractivity contribution in [1.29, 1.82) is 0 Å². The van der Waals surface area contributed by atoms with Crippen molar-refractivity contribution < 1.29 is 9.59 Å². The molecule has 2 fully saturated rings. The Morgan fingerprint density at radius 2 is 1.92 bits per heavy atom. The summed E-state index contributed by atoms with van der Waals surface area (Å²) in [6, 6.07) is -0.315. The van der Waals surface area contributed by atoms with Gasteiger partial charge >= 0.3 is 0 Å². The zero-order valence-electron chi connectivity index (χ0n) is 15.5. The molecule has 0 N–H and O–H groups in total. The third-order valence-corrected chi connectivity index (χ3v) is 5.05. The topological polar surface area (TPSA) is 61.7 Å². The molecule has 2 aliphatic rings. The highest BCUT2D eigenvalue weighted by Gasteiger charge is 2.37. The number of piperazine rings is 1. The monoisotopic (exact) mass is 347 g/mol. The number of rotatable bonds is 4. The minimum absolute atomic E-state index is 0.0695. The van der Waals surface area contributed by atoms with Gasteiger partial charge in [0.15, 0.2) is 0 Å². The van der Waals surface area contributed by atoms with Crippen LogP contribution in [0, 0.1) is 5.92 Å². The van der Waals surface area contributed by atoms with Gasteiger partial charge in [0.25, 0.3) is 5.91 Å². The Hall–Kier alpha value is -1.89. The van der Waals surface area contributed by atoms with E-state index in [4.69, 9.17) is 0 Å². The number of nitrogens with zero attached hydrogens (tertiary/aromatic N) is 5. The summed E-state index contributed by atoms with van der Waals surface area (Å²) >= 11 is 0. The molecular formula is C18H29N5O2. The molecule has 0 radical (unpaired) electrons. The minimum Gasteiger partial charge on any atom is -0.338 e. The van der Waals surface area contributed by atoms with Crippen molar-refractivity contribution in [2.75, 3.05) is 39.8 Å². The zero-order chi connectivity index (χ0) is 18.0. The lowest BCUT2D eigenvalue weighted by Crippen LogP contribution is -2.53. The van der Waals surface area contributed by atoms with Crippen molar-refractivity contribution >= 4 is 11.8 Å². The Morgan fingerprint density at radius 1 is 1.20 bits per heavy atom. The van der Waals surface area contributed by atoms with Crippen LogP contribution in [-0.4, -0.2) is 82.1 Å². The molecule has 7 nitrogen and oxygen atoms in total. The van der Waals surface area contributed by atoms with Gasteiger partial charge in [-0.15, -0.1) is 0 Å². The first kappa shape index (κ1) is 17.9. The van der Waals surface area contributed by atoms with Gasteiger partial charge in [-0.3, -0.25) is 14.3 Å². The summed E-state index contributed by atoms with van der Waals surface area (Å²) in [7, 11) is 2.07. The van der Waals surface area contributed by atoms with E-state index in [0.29, 0.717) is 18.0 Å². The van der Waals surface area contributed by atoms with E-state index >= 15 is 0 Å². The summed E-state index contributed by atoms with van der Waals surface area (Å²) < 4.78 is 1.81. The van der Waals surface area contributed by atoms with Crippen LogP contribution in [0.25, 0.3) is 0 Å². The van der Waals surface area contributed by atoms with Crippen molar-refractivity contribution in [2.24, 2.45) is 5.92 Å². The second kappa shape index (κ2) is 7.56. The first-order valence-corrected chi connectivity index (χ1v) is 9.26. The molecular weight excluding hydrogens is 318 g/mol. The van der Waals surface area contributed by atoms with Gasteiger partial charge in [-0.1, -0.05) is 13.8 Å². The van der Waals surface area contributed by atoms with Crippen LogP contribution in [0.3, 0.4) is 0 Å². The molecule has 0 unspecified atom stereocenters. The Morgan fingerprint density at radius 3 is 2.60 bits per heavy atom. The average Bonchev–Trinajstić information content (AvgIpc) is 3.23. The van der Waals surface area contributed by atoms with Crippen molar-refractivity contribution in [3.63, 3.8) is 0 Å². The van der Waals surface area contributed by atoms with Gasteiger partial charge in [-0.25, -0.2) is 0 Å². The molecule has 2 saturated heterocycles. The maximum Gasteiger partial charge on any atom is 0.257 e. The van der Waals surface area contributed by atoms with E-state index in [0.717, 1.165) is 45.6 Å². The van der Waals surface area contributed by atoms with Gasteiger partial charge < -0.3 is 14.7 Å². The number of hydrogen-bond donors (Lipinski definition) is 0. The molecule has 3 rings (SSSR count). The molecule has 0 spiro atoms. The van der Waals surface area contributed by atoms with Gasteiger partial charge in [0.2, 0.25) is 5.91 Å². The lowest BCUT2D eigenvalue weighted by Gasteiger charge is -2.35. The Labute approximate surface area is 149 Å². The van der Waals surface area contributed by atoms with Crippen molar-refractivity contribution in [2.45, 2.75) is 39.3 Å². The summed E-state index contributed by atoms with van der Waals surface area (Å²) in [6.07, 6.45) is 5.07. The standard InChI is InChI=1S/C18H29N5O2/c1-14(2)12-22-13-15(11-19-22)17(24)23-6-4-5-16(23)18(25)21-9-7-20(3)8-10-21/h11,13-14,16H,4-10,12H2,1-3H3/t16-/m0/s1. The number of carbonyl (C=O) groups excluding carboxylic acids is 2. The van der Waals surface area contributed by atoms with E-state index in [1.165, 1.54) is 0 Å². The Kier molecular flexibility index (Phi) is 5.42. The summed E-state index contributed by atoms with van der Waals surface area (Å²) in [4.78, 5) is 31.7. The predicted molar refractivity (Wildman–Crippen MR) is 95.2 cm³/mol. The fourth-order valence-corrected chi connectivity index (χ4v) is 3.62. The average molecular weight is 347 g/mol. The van der Waals surface area contributed by atoms with Crippen molar-refractivity contribution in [3.05, 3.63) is 18.0 Å². The van der Waals surface area contributed by atoms with Crippen LogP contribution in [0.2, 0.25) is 0 Å². The molecule has 1 aromatic rings. The van der Waals surface area contributed by atoms with Crippen molar-refractivity contribution in [3.8, 4) is 0 Å². The number of likely N-dealkylation sites (N-methyl/N-ethyl adjacent to an activating group) is 1. The molecule has 2 amide bonds. The fraction of sp³-hybridized carbons (Fsp3) is 0.722. The van der Waals surface area contributed by atoms with Gasteiger partial charge in [0.1, 0.15) is 6.04 Å². The van der Waals surface area contributed by atoms with Crippen LogP contribution in [0.5, 0.6) is 0 Å². The summed E-state index contributed by atoms with van der Waals surface area (Å²) in [5, 5.41) is 4.29. The molecule has 1 atom stereocenters.